The molecule has 1 aromatic heterocycles. The molecular formula is C17H15N3O2S. The van der Waals surface area contributed by atoms with E-state index in [0.29, 0.717) is 12.1 Å². The molecule has 6 heteroatoms. The number of amides is 1. The maximum absolute atomic E-state index is 11.4. The van der Waals surface area contributed by atoms with Crippen LogP contribution < -0.4 is 11.1 Å². The number of rotatable bonds is 5. The fourth-order valence-electron chi connectivity index (χ4n) is 2.21. The number of thiazole rings is 1. The summed E-state index contributed by atoms with van der Waals surface area (Å²) in [4.78, 5) is 15.9. The van der Waals surface area contributed by atoms with E-state index in [4.69, 9.17) is 5.73 Å². The van der Waals surface area contributed by atoms with Gasteiger partial charge in [0.05, 0.1) is 5.69 Å². The number of hydrogen-bond donors (Lipinski definition) is 3. The molecule has 0 radical (unpaired) electrons. The third-order valence-electron chi connectivity index (χ3n) is 3.38. The number of carbonyl (C=O) groups is 1. The molecule has 0 aliphatic carbocycles. The van der Waals surface area contributed by atoms with E-state index in [-0.39, 0.29) is 5.75 Å². The first-order valence-electron chi connectivity index (χ1n) is 7.00. The highest BCUT2D eigenvalue weighted by atomic mass is 32.1. The zero-order valence-electron chi connectivity index (χ0n) is 12.2. The summed E-state index contributed by atoms with van der Waals surface area (Å²) < 4.78 is 0. The van der Waals surface area contributed by atoms with Gasteiger partial charge in [-0.2, -0.15) is 0 Å². The minimum Gasteiger partial charge on any atom is -0.508 e. The summed E-state index contributed by atoms with van der Waals surface area (Å²) in [6.45, 7) is 0.474. The molecule has 0 atom stereocenters. The van der Waals surface area contributed by atoms with Crippen molar-refractivity contribution < 1.29 is 9.90 Å². The first kappa shape index (κ1) is 15.1. The molecule has 3 rings (SSSR count). The van der Waals surface area contributed by atoms with Crippen LogP contribution in [-0.2, 0) is 6.54 Å². The summed E-state index contributed by atoms with van der Waals surface area (Å²) in [7, 11) is 0. The first-order chi connectivity index (χ1) is 11.1. The number of aromatic nitrogens is 1. The number of nitrogens with two attached hydrogens (primary N) is 1. The topological polar surface area (TPSA) is 88.2 Å². The zero-order valence-corrected chi connectivity index (χ0v) is 13.0. The normalized spacial score (nSPS) is 10.4. The van der Waals surface area contributed by atoms with Crippen molar-refractivity contribution in [2.75, 3.05) is 5.32 Å². The summed E-state index contributed by atoms with van der Waals surface area (Å²) in [6.07, 6.45) is 0. The van der Waals surface area contributed by atoms with Gasteiger partial charge in [0.15, 0.2) is 5.13 Å². The van der Waals surface area contributed by atoms with Crippen molar-refractivity contribution in [3.63, 3.8) is 0 Å². The second-order valence-electron chi connectivity index (χ2n) is 4.96. The first-order valence-corrected chi connectivity index (χ1v) is 7.88. The van der Waals surface area contributed by atoms with Gasteiger partial charge < -0.3 is 16.2 Å². The molecule has 23 heavy (non-hydrogen) atoms. The zero-order chi connectivity index (χ0) is 16.2. The lowest BCUT2D eigenvalue weighted by Crippen LogP contribution is -2.15. The quantitative estimate of drug-likeness (QED) is 0.672. The lowest BCUT2D eigenvalue weighted by Gasteiger charge is -2.07. The van der Waals surface area contributed by atoms with E-state index >= 15 is 0 Å². The van der Waals surface area contributed by atoms with Crippen LogP contribution in [0.3, 0.4) is 0 Å². The van der Waals surface area contributed by atoms with Gasteiger partial charge in [0.2, 0.25) is 5.91 Å². The van der Waals surface area contributed by atoms with Crippen LogP contribution in [0.15, 0.2) is 53.9 Å². The summed E-state index contributed by atoms with van der Waals surface area (Å²) in [6, 6.07) is 14.1. The van der Waals surface area contributed by atoms with E-state index in [0.717, 1.165) is 22.0 Å². The number of phenols is 1. The minimum absolute atomic E-state index is 0.227. The SMILES string of the molecule is NC(=O)c1ccccc1CNc1nc(-c2ccc(O)cc2)cs1. The summed E-state index contributed by atoms with van der Waals surface area (Å²) in [5.74, 6) is -0.211. The Kier molecular flexibility index (Phi) is 4.25. The third-order valence-corrected chi connectivity index (χ3v) is 4.18. The Labute approximate surface area is 137 Å². The van der Waals surface area contributed by atoms with E-state index in [2.05, 4.69) is 10.3 Å². The van der Waals surface area contributed by atoms with Crippen molar-refractivity contribution >= 4 is 22.4 Å². The maximum atomic E-state index is 11.4. The van der Waals surface area contributed by atoms with Gasteiger partial charge in [-0.05, 0) is 35.9 Å². The number of phenolic OH excluding ortho intramolecular Hbond substituents is 1. The standard InChI is InChI=1S/C17H15N3O2S/c18-16(22)14-4-2-1-3-12(14)9-19-17-20-15(10-23-17)11-5-7-13(21)8-6-11/h1-8,10,21H,9H2,(H2,18,22)(H,19,20). The van der Waals surface area contributed by atoms with Gasteiger partial charge in [0, 0.05) is 23.1 Å². The molecule has 0 aliphatic rings. The number of aromatic hydroxyl groups is 1. The van der Waals surface area contributed by atoms with Gasteiger partial charge in [-0.3, -0.25) is 4.79 Å². The Bertz CT molecular complexity index is 828. The molecule has 5 nitrogen and oxygen atoms in total. The Morgan fingerprint density at radius 3 is 2.65 bits per heavy atom. The predicted molar refractivity (Wildman–Crippen MR) is 91.5 cm³/mol. The minimum atomic E-state index is -0.439. The van der Waals surface area contributed by atoms with Crippen molar-refractivity contribution in [3.8, 4) is 17.0 Å². The Balaban J connectivity index is 1.73. The van der Waals surface area contributed by atoms with Crippen molar-refractivity contribution in [3.05, 3.63) is 65.0 Å². The van der Waals surface area contributed by atoms with Gasteiger partial charge in [-0.1, -0.05) is 18.2 Å². The number of primary amides is 1. The van der Waals surface area contributed by atoms with Crippen LogP contribution in [0.5, 0.6) is 5.75 Å². The van der Waals surface area contributed by atoms with E-state index in [1.807, 2.05) is 29.6 Å². The number of hydrogen-bond acceptors (Lipinski definition) is 5. The van der Waals surface area contributed by atoms with Crippen LogP contribution in [0.25, 0.3) is 11.3 Å². The largest absolute Gasteiger partial charge is 0.508 e. The fourth-order valence-corrected chi connectivity index (χ4v) is 2.92. The number of benzene rings is 2. The van der Waals surface area contributed by atoms with E-state index in [1.54, 1.807) is 24.3 Å². The van der Waals surface area contributed by atoms with Crippen LogP contribution in [0.1, 0.15) is 15.9 Å². The maximum Gasteiger partial charge on any atom is 0.249 e. The van der Waals surface area contributed by atoms with Gasteiger partial charge >= 0.3 is 0 Å². The summed E-state index contributed by atoms with van der Waals surface area (Å²) in [5.41, 5.74) is 8.49. The van der Waals surface area contributed by atoms with Crippen LogP contribution >= 0.6 is 11.3 Å². The van der Waals surface area contributed by atoms with Gasteiger partial charge in [-0.25, -0.2) is 4.98 Å². The molecule has 0 spiro atoms. The number of carbonyl (C=O) groups excluding carboxylic acids is 1. The molecule has 116 valence electrons. The van der Waals surface area contributed by atoms with Crippen molar-refractivity contribution in [1.82, 2.24) is 4.98 Å². The summed E-state index contributed by atoms with van der Waals surface area (Å²) in [5, 5.41) is 15.2. The second-order valence-corrected chi connectivity index (χ2v) is 5.82. The van der Waals surface area contributed by atoms with Crippen LogP contribution in [0.4, 0.5) is 5.13 Å². The molecule has 0 aliphatic heterocycles. The molecule has 2 aromatic carbocycles. The van der Waals surface area contributed by atoms with E-state index in [1.165, 1.54) is 11.3 Å². The van der Waals surface area contributed by atoms with E-state index in [9.17, 15) is 9.90 Å². The molecule has 0 saturated heterocycles. The molecule has 4 N–H and O–H groups in total. The highest BCUT2D eigenvalue weighted by molar-refractivity contribution is 7.14. The molecule has 1 amide bonds. The number of nitrogens with zero attached hydrogens (tertiary/aromatic N) is 1. The van der Waals surface area contributed by atoms with Crippen molar-refractivity contribution in [1.29, 1.82) is 0 Å². The lowest BCUT2D eigenvalue weighted by atomic mass is 10.1. The average molecular weight is 325 g/mol. The molecule has 3 aromatic rings. The van der Waals surface area contributed by atoms with Gasteiger partial charge in [0.25, 0.3) is 0 Å². The summed E-state index contributed by atoms with van der Waals surface area (Å²) >= 11 is 1.48. The van der Waals surface area contributed by atoms with E-state index < -0.39 is 5.91 Å². The molecule has 1 heterocycles. The van der Waals surface area contributed by atoms with Gasteiger partial charge in [-0.15, -0.1) is 11.3 Å². The second kappa shape index (κ2) is 6.50. The fraction of sp³-hybridized carbons (Fsp3) is 0.0588. The monoisotopic (exact) mass is 325 g/mol. The van der Waals surface area contributed by atoms with Crippen LogP contribution in [0, 0.1) is 0 Å². The van der Waals surface area contributed by atoms with Crippen LogP contribution in [0.2, 0.25) is 0 Å². The third kappa shape index (κ3) is 3.49. The van der Waals surface area contributed by atoms with Crippen molar-refractivity contribution in [2.24, 2.45) is 5.73 Å². The Hall–Kier alpha value is -2.86. The molecule has 0 bridgehead atoms. The molecular weight excluding hydrogens is 310 g/mol. The lowest BCUT2D eigenvalue weighted by molar-refractivity contribution is 0.0999. The Morgan fingerprint density at radius 1 is 1.17 bits per heavy atom. The molecule has 0 unspecified atom stereocenters. The highest BCUT2D eigenvalue weighted by Crippen LogP contribution is 2.26. The smallest absolute Gasteiger partial charge is 0.249 e. The van der Waals surface area contributed by atoms with Crippen LogP contribution in [-0.4, -0.2) is 16.0 Å². The average Bonchev–Trinajstić information content (AvgIpc) is 3.03. The van der Waals surface area contributed by atoms with Gasteiger partial charge in [0.1, 0.15) is 5.75 Å². The Morgan fingerprint density at radius 2 is 1.91 bits per heavy atom. The van der Waals surface area contributed by atoms with Crippen molar-refractivity contribution in [2.45, 2.75) is 6.54 Å². The number of nitrogens with one attached hydrogen (secondary N) is 1. The number of anilines is 1. The predicted octanol–water partition coefficient (Wildman–Crippen LogP) is 3.23. The molecule has 0 fully saturated rings. The molecule has 0 saturated carbocycles. The highest BCUT2D eigenvalue weighted by Gasteiger charge is 2.08.